The van der Waals surface area contributed by atoms with Crippen molar-refractivity contribution in [2.75, 3.05) is 0 Å². The summed E-state index contributed by atoms with van der Waals surface area (Å²) in [5.41, 5.74) is 0. The molecule has 0 N–H and O–H groups in total. The van der Waals surface area contributed by atoms with Gasteiger partial charge >= 0.3 is 18.1 Å². The standard InChI is InChI=1S/C8H11F3O3/c1-5(2)3-4-6(12)14-7(13)8(9,10)11/h5H,3-4H2,1-2H3. The highest BCUT2D eigenvalue weighted by atomic mass is 19.4. The number of hydrogen-bond donors (Lipinski definition) is 0. The Morgan fingerprint density at radius 3 is 2.14 bits per heavy atom. The second-order valence-corrected chi connectivity index (χ2v) is 3.19. The number of halogens is 3. The Balaban J connectivity index is 3.90. The van der Waals surface area contributed by atoms with Gasteiger partial charge in [-0.25, -0.2) is 4.79 Å². The lowest BCUT2D eigenvalue weighted by atomic mass is 10.1. The van der Waals surface area contributed by atoms with E-state index in [-0.39, 0.29) is 12.3 Å². The number of ether oxygens (including phenoxy) is 1. The largest absolute Gasteiger partial charge is 0.491 e. The number of hydrogen-bond acceptors (Lipinski definition) is 3. The SMILES string of the molecule is CC(C)CCC(=O)OC(=O)C(F)(F)F. The van der Waals surface area contributed by atoms with Gasteiger partial charge in [0.1, 0.15) is 0 Å². The predicted octanol–water partition coefficient (Wildman–Crippen LogP) is 2.05. The third-order valence-electron chi connectivity index (χ3n) is 1.36. The molecule has 0 heterocycles. The number of carbonyl (C=O) groups is 2. The van der Waals surface area contributed by atoms with Crippen molar-refractivity contribution in [2.24, 2.45) is 5.92 Å². The third-order valence-corrected chi connectivity index (χ3v) is 1.36. The van der Waals surface area contributed by atoms with Crippen molar-refractivity contribution in [3.63, 3.8) is 0 Å². The van der Waals surface area contributed by atoms with Crippen LogP contribution in [0.15, 0.2) is 0 Å². The molecule has 0 bridgehead atoms. The minimum Gasteiger partial charge on any atom is -0.386 e. The second-order valence-electron chi connectivity index (χ2n) is 3.19. The van der Waals surface area contributed by atoms with Gasteiger partial charge in [0.2, 0.25) is 0 Å². The van der Waals surface area contributed by atoms with Crippen molar-refractivity contribution in [1.82, 2.24) is 0 Å². The van der Waals surface area contributed by atoms with Gasteiger partial charge in [-0.15, -0.1) is 0 Å². The molecule has 0 saturated heterocycles. The molecule has 0 spiro atoms. The van der Waals surface area contributed by atoms with E-state index in [2.05, 4.69) is 4.74 Å². The van der Waals surface area contributed by atoms with Crippen LogP contribution in [0.1, 0.15) is 26.7 Å². The Labute approximate surface area is 79.2 Å². The predicted molar refractivity (Wildman–Crippen MR) is 41.2 cm³/mol. The average Bonchev–Trinajstić information content (AvgIpc) is 1.99. The molecule has 0 amide bonds. The van der Waals surface area contributed by atoms with E-state index in [1.807, 2.05) is 0 Å². The van der Waals surface area contributed by atoms with Crippen LogP contribution < -0.4 is 0 Å². The van der Waals surface area contributed by atoms with E-state index in [1.165, 1.54) is 0 Å². The van der Waals surface area contributed by atoms with E-state index in [0.717, 1.165) is 0 Å². The fraction of sp³-hybridized carbons (Fsp3) is 0.750. The smallest absolute Gasteiger partial charge is 0.386 e. The van der Waals surface area contributed by atoms with Crippen LogP contribution in [-0.4, -0.2) is 18.1 Å². The van der Waals surface area contributed by atoms with E-state index in [1.54, 1.807) is 13.8 Å². The fourth-order valence-electron chi connectivity index (χ4n) is 0.619. The first-order chi connectivity index (χ1) is 6.23. The molecule has 0 atom stereocenters. The quantitative estimate of drug-likeness (QED) is 0.531. The highest BCUT2D eigenvalue weighted by Gasteiger charge is 2.42. The van der Waals surface area contributed by atoms with Crippen molar-refractivity contribution >= 4 is 11.9 Å². The molecule has 14 heavy (non-hydrogen) atoms. The lowest BCUT2D eigenvalue weighted by Gasteiger charge is -2.06. The Morgan fingerprint density at radius 1 is 1.29 bits per heavy atom. The Kier molecular flexibility index (Phi) is 4.59. The molecule has 0 aliphatic carbocycles. The lowest BCUT2D eigenvalue weighted by molar-refractivity contribution is -0.201. The van der Waals surface area contributed by atoms with Gasteiger partial charge in [0, 0.05) is 6.42 Å². The van der Waals surface area contributed by atoms with Gasteiger partial charge in [-0.2, -0.15) is 13.2 Å². The third kappa shape index (κ3) is 5.55. The molecular formula is C8H11F3O3. The summed E-state index contributed by atoms with van der Waals surface area (Å²) in [6.45, 7) is 3.61. The summed E-state index contributed by atoms with van der Waals surface area (Å²) in [4.78, 5) is 20.8. The maximum atomic E-state index is 11.6. The Hall–Kier alpha value is -1.07. The molecule has 0 radical (unpaired) electrons. The highest BCUT2D eigenvalue weighted by Crippen LogP contribution is 2.17. The summed E-state index contributed by atoms with van der Waals surface area (Å²) < 4.78 is 38.3. The number of rotatable bonds is 3. The van der Waals surface area contributed by atoms with Gasteiger partial charge in [0.15, 0.2) is 0 Å². The first-order valence-corrected chi connectivity index (χ1v) is 4.05. The average molecular weight is 212 g/mol. The Morgan fingerprint density at radius 2 is 1.79 bits per heavy atom. The van der Waals surface area contributed by atoms with E-state index < -0.39 is 18.1 Å². The molecule has 0 aromatic rings. The fourth-order valence-corrected chi connectivity index (χ4v) is 0.619. The summed E-state index contributed by atoms with van der Waals surface area (Å²) in [5.74, 6) is -3.42. The zero-order valence-electron chi connectivity index (χ0n) is 7.85. The van der Waals surface area contributed by atoms with Crippen molar-refractivity contribution in [1.29, 1.82) is 0 Å². The molecule has 0 aliphatic heterocycles. The minimum absolute atomic E-state index is 0.170. The zero-order valence-corrected chi connectivity index (χ0v) is 7.85. The van der Waals surface area contributed by atoms with E-state index in [4.69, 9.17) is 0 Å². The van der Waals surface area contributed by atoms with Crippen LogP contribution >= 0.6 is 0 Å². The maximum Gasteiger partial charge on any atom is 0.491 e. The molecule has 0 fully saturated rings. The molecule has 0 unspecified atom stereocenters. The van der Waals surface area contributed by atoms with Crippen LogP contribution in [0.5, 0.6) is 0 Å². The Bertz CT molecular complexity index is 220. The molecule has 0 rings (SSSR count). The monoisotopic (exact) mass is 212 g/mol. The summed E-state index contributed by atoms with van der Waals surface area (Å²) in [5, 5.41) is 0. The molecule has 82 valence electrons. The summed E-state index contributed by atoms with van der Waals surface area (Å²) >= 11 is 0. The molecule has 6 heteroatoms. The van der Waals surface area contributed by atoms with E-state index in [9.17, 15) is 22.8 Å². The highest BCUT2D eigenvalue weighted by molar-refractivity contribution is 5.88. The molecule has 0 aromatic carbocycles. The van der Waals surface area contributed by atoms with Crippen molar-refractivity contribution in [2.45, 2.75) is 32.9 Å². The molecule has 0 aromatic heterocycles. The van der Waals surface area contributed by atoms with Gasteiger partial charge in [-0.1, -0.05) is 13.8 Å². The van der Waals surface area contributed by atoms with Crippen LogP contribution in [-0.2, 0) is 14.3 Å². The van der Waals surface area contributed by atoms with Crippen LogP contribution in [0.2, 0.25) is 0 Å². The van der Waals surface area contributed by atoms with Crippen molar-refractivity contribution in [3.05, 3.63) is 0 Å². The van der Waals surface area contributed by atoms with Crippen LogP contribution in [0.25, 0.3) is 0 Å². The summed E-state index contributed by atoms with van der Waals surface area (Å²) in [6.07, 6.45) is -4.89. The van der Waals surface area contributed by atoms with Crippen molar-refractivity contribution < 1.29 is 27.5 Å². The number of carbonyl (C=O) groups excluding carboxylic acids is 2. The van der Waals surface area contributed by atoms with Gasteiger partial charge < -0.3 is 4.74 Å². The molecule has 0 aliphatic rings. The molecule has 0 saturated carbocycles. The van der Waals surface area contributed by atoms with E-state index in [0.29, 0.717) is 6.42 Å². The summed E-state index contributed by atoms with van der Waals surface area (Å²) in [6, 6.07) is 0. The van der Waals surface area contributed by atoms with Gasteiger partial charge in [-0.3, -0.25) is 4.79 Å². The topological polar surface area (TPSA) is 43.4 Å². The minimum atomic E-state index is -5.10. The summed E-state index contributed by atoms with van der Waals surface area (Å²) in [7, 11) is 0. The normalized spacial score (nSPS) is 11.6. The van der Waals surface area contributed by atoms with Gasteiger partial charge in [0.05, 0.1) is 0 Å². The van der Waals surface area contributed by atoms with Gasteiger partial charge in [0.25, 0.3) is 0 Å². The first-order valence-electron chi connectivity index (χ1n) is 4.05. The lowest BCUT2D eigenvalue weighted by Crippen LogP contribution is -2.28. The van der Waals surface area contributed by atoms with Crippen LogP contribution in [0, 0.1) is 5.92 Å². The van der Waals surface area contributed by atoms with Crippen LogP contribution in [0.3, 0.4) is 0 Å². The zero-order chi connectivity index (χ0) is 11.4. The molecular weight excluding hydrogens is 201 g/mol. The second kappa shape index (κ2) is 4.97. The number of esters is 2. The number of alkyl halides is 3. The van der Waals surface area contributed by atoms with Crippen molar-refractivity contribution in [3.8, 4) is 0 Å². The molecule has 3 nitrogen and oxygen atoms in total. The first kappa shape index (κ1) is 12.9. The van der Waals surface area contributed by atoms with Crippen LogP contribution in [0.4, 0.5) is 13.2 Å². The maximum absolute atomic E-state index is 11.6. The van der Waals surface area contributed by atoms with Gasteiger partial charge in [-0.05, 0) is 12.3 Å². The van der Waals surface area contributed by atoms with E-state index >= 15 is 0 Å².